The Morgan fingerprint density at radius 2 is 1.82 bits per heavy atom. The number of carbonyl (C=O) groups is 1. The Hall–Kier alpha value is -1.50. The van der Waals surface area contributed by atoms with Gasteiger partial charge in [-0.05, 0) is 77.7 Å². The first kappa shape index (κ1) is 28.7. The highest BCUT2D eigenvalue weighted by molar-refractivity contribution is 7.94. The van der Waals surface area contributed by atoms with Crippen LogP contribution in [0.5, 0.6) is 0 Å². The molecule has 0 bridgehead atoms. The van der Waals surface area contributed by atoms with Gasteiger partial charge in [0, 0.05) is 41.3 Å². The van der Waals surface area contributed by atoms with Gasteiger partial charge in [-0.25, -0.2) is 0 Å². The molecule has 0 fully saturated rings. The molecule has 8 nitrogen and oxygen atoms in total. The smallest absolute Gasteiger partial charge is 0.303 e. The van der Waals surface area contributed by atoms with Gasteiger partial charge in [-0.2, -0.15) is 8.42 Å². The number of unbranched alkanes of at least 4 members (excludes halogenated alkanes) is 2. The van der Waals surface area contributed by atoms with E-state index >= 15 is 0 Å². The third-order valence-corrected chi connectivity index (χ3v) is 8.04. The third kappa shape index (κ3) is 7.50. The predicted octanol–water partition coefficient (Wildman–Crippen LogP) is 6.36. The van der Waals surface area contributed by atoms with E-state index in [0.29, 0.717) is 46.4 Å². The first-order chi connectivity index (χ1) is 16.1. The fourth-order valence-corrected chi connectivity index (χ4v) is 5.54. The lowest BCUT2D eigenvalue weighted by Crippen LogP contribution is -2.24. The highest BCUT2D eigenvalue weighted by Crippen LogP contribution is 2.44. The quantitative estimate of drug-likeness (QED) is 0.0999. The molecular formula is C23H33NO7S3. The van der Waals surface area contributed by atoms with Crippen LogP contribution in [0, 0.1) is 0 Å². The molecule has 0 aliphatic carbocycles. The molecule has 2 rings (SSSR count). The molecule has 0 saturated carbocycles. The van der Waals surface area contributed by atoms with E-state index in [1.807, 2.05) is 12.1 Å². The minimum absolute atomic E-state index is 0.127. The number of carboxylic acids is 1. The Morgan fingerprint density at radius 3 is 2.41 bits per heavy atom. The lowest BCUT2D eigenvalue weighted by Gasteiger charge is -2.33. The Labute approximate surface area is 209 Å². The van der Waals surface area contributed by atoms with Crippen molar-refractivity contribution in [2.24, 2.45) is 0 Å². The van der Waals surface area contributed by atoms with E-state index in [1.54, 1.807) is 0 Å². The van der Waals surface area contributed by atoms with Gasteiger partial charge in [0.15, 0.2) is 0 Å². The summed E-state index contributed by atoms with van der Waals surface area (Å²) < 4.78 is 52.5. The number of nitrogens with one attached hydrogen (secondary N) is 1. The van der Waals surface area contributed by atoms with Gasteiger partial charge >= 0.3 is 5.97 Å². The van der Waals surface area contributed by atoms with E-state index in [9.17, 15) is 22.3 Å². The lowest BCUT2D eigenvalue weighted by atomic mass is 9.73. The third-order valence-electron chi connectivity index (χ3n) is 6.20. The Bertz CT molecular complexity index is 1090. The zero-order valence-corrected chi connectivity index (χ0v) is 21.9. The highest BCUT2D eigenvalue weighted by atomic mass is 32.2. The standard InChI is InChI=1S/C23H33NO7S3/c1-3-23(2,11-6-4-5-8-21(25)26)22-18-14-16(34(29,30)31)15-20(33-28)17(18)9-10-19(22)24-12-7-13-32-27/h9-10,14-15,24,27-28H,3-8,11-13H2,1-2H3,(H,25,26)(H,29,30,31). The molecule has 11 heteroatoms. The van der Waals surface area contributed by atoms with Crippen LogP contribution in [0.2, 0.25) is 0 Å². The maximum atomic E-state index is 12.0. The summed E-state index contributed by atoms with van der Waals surface area (Å²) in [5.74, 6) is -0.241. The van der Waals surface area contributed by atoms with Crippen LogP contribution in [-0.2, 0) is 20.3 Å². The van der Waals surface area contributed by atoms with E-state index < -0.39 is 16.1 Å². The van der Waals surface area contributed by atoms with Crippen molar-refractivity contribution in [1.82, 2.24) is 0 Å². The van der Waals surface area contributed by atoms with Gasteiger partial charge in [-0.1, -0.05) is 32.8 Å². The van der Waals surface area contributed by atoms with Crippen LogP contribution in [0.25, 0.3) is 10.8 Å². The van der Waals surface area contributed by atoms with E-state index in [1.165, 1.54) is 12.1 Å². The van der Waals surface area contributed by atoms with Crippen LogP contribution < -0.4 is 5.32 Å². The fourth-order valence-electron chi connectivity index (χ4n) is 4.20. The molecule has 2 aromatic rings. The summed E-state index contributed by atoms with van der Waals surface area (Å²) in [6, 6.07) is 6.44. The molecule has 34 heavy (non-hydrogen) atoms. The molecule has 5 N–H and O–H groups in total. The summed E-state index contributed by atoms with van der Waals surface area (Å²) in [6.45, 7) is 4.75. The highest BCUT2D eigenvalue weighted by Gasteiger charge is 2.30. The van der Waals surface area contributed by atoms with Crippen molar-refractivity contribution in [2.45, 2.75) is 74.0 Å². The zero-order chi connectivity index (χ0) is 25.4. The zero-order valence-electron chi connectivity index (χ0n) is 19.4. The van der Waals surface area contributed by atoms with Crippen molar-refractivity contribution in [3.8, 4) is 0 Å². The number of fused-ring (bicyclic) bond motifs is 1. The maximum absolute atomic E-state index is 12.0. The number of hydrogen-bond donors (Lipinski definition) is 5. The Balaban J connectivity index is 2.61. The van der Waals surface area contributed by atoms with Crippen LogP contribution in [-0.4, -0.2) is 45.4 Å². The monoisotopic (exact) mass is 531 g/mol. The van der Waals surface area contributed by atoms with Crippen molar-refractivity contribution in [1.29, 1.82) is 0 Å². The number of hydrogen-bond acceptors (Lipinski definition) is 8. The summed E-state index contributed by atoms with van der Waals surface area (Å²) in [5.41, 5.74) is 1.33. The van der Waals surface area contributed by atoms with E-state index in [2.05, 4.69) is 19.2 Å². The maximum Gasteiger partial charge on any atom is 0.303 e. The van der Waals surface area contributed by atoms with Gasteiger partial charge in [0.05, 0.1) is 4.90 Å². The van der Waals surface area contributed by atoms with Gasteiger partial charge in [0.1, 0.15) is 0 Å². The molecule has 1 atom stereocenters. The van der Waals surface area contributed by atoms with E-state index in [4.69, 9.17) is 9.66 Å². The molecule has 0 aliphatic rings. The molecule has 2 aromatic carbocycles. The second kappa shape index (κ2) is 13.0. The first-order valence-corrected chi connectivity index (χ1v) is 14.3. The van der Waals surface area contributed by atoms with Crippen LogP contribution in [0.15, 0.2) is 34.1 Å². The molecular weight excluding hydrogens is 498 g/mol. The molecule has 0 heterocycles. The topological polar surface area (TPSA) is 144 Å². The van der Waals surface area contributed by atoms with Crippen LogP contribution in [0.1, 0.15) is 64.4 Å². The van der Waals surface area contributed by atoms with E-state index in [0.717, 1.165) is 55.4 Å². The first-order valence-electron chi connectivity index (χ1n) is 11.2. The Morgan fingerprint density at radius 1 is 1.09 bits per heavy atom. The van der Waals surface area contributed by atoms with Gasteiger partial charge in [0.2, 0.25) is 0 Å². The summed E-state index contributed by atoms with van der Waals surface area (Å²) in [5, 5.41) is 13.6. The average Bonchev–Trinajstić information content (AvgIpc) is 2.79. The number of rotatable bonds is 15. The van der Waals surface area contributed by atoms with Crippen LogP contribution >= 0.6 is 24.1 Å². The van der Waals surface area contributed by atoms with Crippen molar-refractivity contribution in [3.05, 3.63) is 29.8 Å². The van der Waals surface area contributed by atoms with Gasteiger partial charge in [-0.3, -0.25) is 9.35 Å². The normalized spacial score (nSPS) is 13.7. The molecule has 1 unspecified atom stereocenters. The van der Waals surface area contributed by atoms with Gasteiger partial charge in [-0.15, -0.1) is 0 Å². The molecule has 0 amide bonds. The molecule has 190 valence electrons. The molecule has 0 saturated heterocycles. The number of carboxylic acid groups (broad SMARTS) is 1. The minimum Gasteiger partial charge on any atom is -0.481 e. The SMILES string of the molecule is CCC(C)(CCCCCC(=O)O)c1c(NCCCSO)ccc2c(SO)cc(S(=O)(=O)O)cc12. The van der Waals surface area contributed by atoms with Gasteiger partial charge < -0.3 is 19.5 Å². The van der Waals surface area contributed by atoms with Crippen molar-refractivity contribution in [3.63, 3.8) is 0 Å². The largest absolute Gasteiger partial charge is 0.481 e. The predicted molar refractivity (Wildman–Crippen MR) is 139 cm³/mol. The van der Waals surface area contributed by atoms with Crippen molar-refractivity contribution < 1.29 is 32.0 Å². The fraction of sp³-hybridized carbons (Fsp3) is 0.522. The summed E-state index contributed by atoms with van der Waals surface area (Å²) in [6.07, 6.45) is 4.49. The number of benzene rings is 2. The summed E-state index contributed by atoms with van der Waals surface area (Å²) in [7, 11) is -4.50. The van der Waals surface area contributed by atoms with Crippen molar-refractivity contribution >= 4 is 56.6 Å². The van der Waals surface area contributed by atoms with Gasteiger partial charge in [0.25, 0.3) is 10.1 Å². The summed E-state index contributed by atoms with van der Waals surface area (Å²) >= 11 is 1.20. The average molecular weight is 532 g/mol. The molecule has 0 aliphatic heterocycles. The van der Waals surface area contributed by atoms with Crippen molar-refractivity contribution in [2.75, 3.05) is 17.6 Å². The molecule has 0 spiro atoms. The minimum atomic E-state index is -4.50. The summed E-state index contributed by atoms with van der Waals surface area (Å²) in [4.78, 5) is 10.9. The number of aliphatic carboxylic acids is 1. The number of anilines is 1. The second-order valence-corrected chi connectivity index (χ2v) is 11.3. The lowest BCUT2D eigenvalue weighted by molar-refractivity contribution is -0.137. The second-order valence-electron chi connectivity index (χ2n) is 8.55. The molecule has 0 radical (unpaired) electrons. The van der Waals surface area contributed by atoms with Crippen LogP contribution in [0.4, 0.5) is 5.69 Å². The Kier molecular flexibility index (Phi) is 11.0. The van der Waals surface area contributed by atoms with E-state index in [-0.39, 0.29) is 16.7 Å². The molecule has 0 aromatic heterocycles. The van der Waals surface area contributed by atoms with Crippen LogP contribution in [0.3, 0.4) is 0 Å².